The van der Waals surface area contributed by atoms with E-state index in [1.807, 2.05) is 55.5 Å². The number of aromatic nitrogens is 3. The molecule has 0 fully saturated rings. The standard InChI is InChI=1S/C17H14ClNO.C6H8N6O/c1-2-13-11-12-7-6-10-15(18)16(12)17(20)19(13)14-8-4-3-5-9-14;7-3(6(10)13)2-4(8)11-1-12-5(2)9/h3-11H,2H2,1H3;1,7H,(H2,10,13)(H4,8,9,11,12). The minimum Gasteiger partial charge on any atom is -0.383 e. The van der Waals surface area contributed by atoms with E-state index in [1.54, 1.807) is 10.6 Å². The first-order valence-corrected chi connectivity index (χ1v) is 10.3. The van der Waals surface area contributed by atoms with Crippen molar-refractivity contribution in [3.05, 3.63) is 87.6 Å². The van der Waals surface area contributed by atoms with Gasteiger partial charge < -0.3 is 17.2 Å². The van der Waals surface area contributed by atoms with Gasteiger partial charge in [0.05, 0.1) is 16.0 Å². The van der Waals surface area contributed by atoms with Crippen LogP contribution in [0.4, 0.5) is 11.6 Å². The number of pyridine rings is 1. The van der Waals surface area contributed by atoms with Gasteiger partial charge in [-0.05, 0) is 36.1 Å². The number of anilines is 2. The molecule has 0 saturated carbocycles. The second-order valence-corrected chi connectivity index (χ2v) is 7.34. The number of nitrogens with zero attached hydrogens (tertiary/aromatic N) is 3. The molecule has 2 aromatic heterocycles. The molecule has 0 radical (unpaired) electrons. The molecule has 0 saturated heterocycles. The van der Waals surface area contributed by atoms with Gasteiger partial charge in [0.25, 0.3) is 11.5 Å². The van der Waals surface area contributed by atoms with Crippen LogP contribution < -0.4 is 22.8 Å². The van der Waals surface area contributed by atoms with Gasteiger partial charge in [0.15, 0.2) is 0 Å². The molecular weight excluding hydrogens is 442 g/mol. The Morgan fingerprint density at radius 2 is 1.70 bits per heavy atom. The van der Waals surface area contributed by atoms with Crippen LogP contribution in [0.3, 0.4) is 0 Å². The minimum atomic E-state index is -0.923. The van der Waals surface area contributed by atoms with Crippen molar-refractivity contribution < 1.29 is 4.79 Å². The van der Waals surface area contributed by atoms with Crippen molar-refractivity contribution >= 4 is 45.6 Å². The number of primary amides is 1. The summed E-state index contributed by atoms with van der Waals surface area (Å²) >= 11 is 6.20. The molecule has 0 bridgehead atoms. The fraction of sp³-hybridized carbons (Fsp3) is 0.0870. The van der Waals surface area contributed by atoms with Crippen LogP contribution in [0.2, 0.25) is 5.02 Å². The molecule has 2 heterocycles. The van der Waals surface area contributed by atoms with E-state index < -0.39 is 11.6 Å². The van der Waals surface area contributed by atoms with E-state index in [0.717, 1.165) is 29.5 Å². The molecule has 2 aromatic carbocycles. The van der Waals surface area contributed by atoms with Crippen molar-refractivity contribution in [2.75, 3.05) is 11.5 Å². The zero-order chi connectivity index (χ0) is 24.1. The van der Waals surface area contributed by atoms with Crippen molar-refractivity contribution in [1.82, 2.24) is 14.5 Å². The van der Waals surface area contributed by atoms with Crippen LogP contribution in [-0.2, 0) is 11.2 Å². The summed E-state index contributed by atoms with van der Waals surface area (Å²) < 4.78 is 1.74. The maximum Gasteiger partial charge on any atom is 0.267 e. The van der Waals surface area contributed by atoms with Crippen molar-refractivity contribution in [3.63, 3.8) is 0 Å². The molecule has 4 aromatic rings. The Hall–Kier alpha value is -4.24. The lowest BCUT2D eigenvalue weighted by Crippen LogP contribution is -2.25. The number of carbonyl (C=O) groups is 1. The van der Waals surface area contributed by atoms with Crippen molar-refractivity contribution in [3.8, 4) is 5.69 Å². The molecule has 4 rings (SSSR count). The quantitative estimate of drug-likeness (QED) is 0.339. The molecule has 33 heavy (non-hydrogen) atoms. The highest BCUT2D eigenvalue weighted by Gasteiger charge is 2.16. The first-order valence-electron chi connectivity index (χ1n) is 9.89. The third-order valence-electron chi connectivity index (χ3n) is 4.85. The molecule has 10 heteroatoms. The van der Waals surface area contributed by atoms with E-state index >= 15 is 0 Å². The number of nitrogen functional groups attached to an aromatic ring is 2. The minimum absolute atomic E-state index is 0.0185. The van der Waals surface area contributed by atoms with Gasteiger partial charge in [0.2, 0.25) is 0 Å². The van der Waals surface area contributed by atoms with Gasteiger partial charge in [-0.15, -0.1) is 0 Å². The van der Waals surface area contributed by atoms with Gasteiger partial charge in [-0.2, -0.15) is 0 Å². The summed E-state index contributed by atoms with van der Waals surface area (Å²) in [5, 5.41) is 9.23. The van der Waals surface area contributed by atoms with Crippen LogP contribution >= 0.6 is 11.6 Å². The topological polar surface area (TPSA) is 167 Å². The summed E-state index contributed by atoms with van der Waals surface area (Å²) in [6.45, 7) is 2.05. The summed E-state index contributed by atoms with van der Waals surface area (Å²) in [5.41, 5.74) is 16.9. The van der Waals surface area contributed by atoms with E-state index in [1.165, 1.54) is 0 Å². The smallest absolute Gasteiger partial charge is 0.267 e. The van der Waals surface area contributed by atoms with Crippen LogP contribution in [-0.4, -0.2) is 26.2 Å². The molecule has 9 nitrogen and oxygen atoms in total. The van der Waals surface area contributed by atoms with E-state index in [0.29, 0.717) is 10.4 Å². The largest absolute Gasteiger partial charge is 0.383 e. The summed E-state index contributed by atoms with van der Waals surface area (Å²) in [4.78, 5) is 30.6. The van der Waals surface area contributed by atoms with Crippen molar-refractivity contribution in [2.24, 2.45) is 5.73 Å². The Morgan fingerprint density at radius 1 is 1.06 bits per heavy atom. The number of benzene rings is 2. The second kappa shape index (κ2) is 9.92. The molecule has 7 N–H and O–H groups in total. The Bertz CT molecular complexity index is 1380. The highest BCUT2D eigenvalue weighted by molar-refractivity contribution is 6.45. The predicted molar refractivity (Wildman–Crippen MR) is 131 cm³/mol. The number of nitrogens with two attached hydrogens (primary N) is 3. The number of para-hydroxylation sites is 1. The molecule has 0 spiro atoms. The van der Waals surface area contributed by atoms with Crippen LogP contribution in [0.1, 0.15) is 18.2 Å². The normalized spacial score (nSPS) is 10.4. The monoisotopic (exact) mass is 463 g/mol. The van der Waals surface area contributed by atoms with Crippen LogP contribution in [0.25, 0.3) is 16.5 Å². The molecule has 0 aliphatic carbocycles. The highest BCUT2D eigenvalue weighted by atomic mass is 35.5. The Balaban J connectivity index is 0.000000205. The number of halogens is 1. The first kappa shape index (κ1) is 23.4. The van der Waals surface area contributed by atoms with Gasteiger partial charge in [0, 0.05) is 11.4 Å². The number of rotatable bonds is 4. The molecule has 0 unspecified atom stereocenters. The number of nitrogens with one attached hydrogen (secondary N) is 1. The van der Waals surface area contributed by atoms with Gasteiger partial charge in [-0.25, -0.2) is 9.97 Å². The number of carbonyl (C=O) groups excluding carboxylic acids is 1. The summed E-state index contributed by atoms with van der Waals surface area (Å²) in [6.07, 6.45) is 1.93. The first-order chi connectivity index (χ1) is 15.8. The third kappa shape index (κ3) is 4.83. The fourth-order valence-corrected chi connectivity index (χ4v) is 3.55. The average molecular weight is 464 g/mol. The summed E-state index contributed by atoms with van der Waals surface area (Å²) in [5.74, 6) is -0.985. The molecule has 0 aliphatic rings. The van der Waals surface area contributed by atoms with Gasteiger partial charge in [-0.1, -0.05) is 48.9 Å². The van der Waals surface area contributed by atoms with Gasteiger partial charge >= 0.3 is 0 Å². The maximum absolute atomic E-state index is 12.8. The van der Waals surface area contributed by atoms with E-state index in [2.05, 4.69) is 9.97 Å². The maximum atomic E-state index is 12.8. The lowest BCUT2D eigenvalue weighted by atomic mass is 10.1. The van der Waals surface area contributed by atoms with Crippen LogP contribution in [0.15, 0.2) is 65.7 Å². The number of fused-ring (bicyclic) bond motifs is 1. The number of hydrogen-bond donors (Lipinski definition) is 4. The number of hydrogen-bond acceptors (Lipinski definition) is 7. The van der Waals surface area contributed by atoms with Crippen LogP contribution in [0.5, 0.6) is 0 Å². The summed E-state index contributed by atoms with van der Waals surface area (Å²) in [6, 6.07) is 17.3. The van der Waals surface area contributed by atoms with Crippen molar-refractivity contribution in [1.29, 1.82) is 5.41 Å². The SMILES string of the molecule is CCc1cc2cccc(Cl)c2c(=O)n1-c1ccccc1.N=C(C(N)=O)c1c(N)ncnc1N. The van der Waals surface area contributed by atoms with Crippen LogP contribution in [0, 0.1) is 5.41 Å². The predicted octanol–water partition coefficient (Wildman–Crippen LogP) is 2.70. The molecular formula is C23H22ClN7O2. The van der Waals surface area contributed by atoms with E-state index in [4.69, 9.17) is 34.2 Å². The van der Waals surface area contributed by atoms with Gasteiger partial charge in [-0.3, -0.25) is 19.6 Å². The Labute approximate surface area is 194 Å². The van der Waals surface area contributed by atoms with Crippen molar-refractivity contribution in [2.45, 2.75) is 13.3 Å². The summed E-state index contributed by atoms with van der Waals surface area (Å²) in [7, 11) is 0. The fourth-order valence-electron chi connectivity index (χ4n) is 3.29. The molecule has 0 atom stereocenters. The zero-order valence-electron chi connectivity index (χ0n) is 17.7. The number of aryl methyl sites for hydroxylation is 1. The van der Waals surface area contributed by atoms with E-state index in [9.17, 15) is 9.59 Å². The highest BCUT2D eigenvalue weighted by Crippen LogP contribution is 2.22. The Kier molecular flexibility index (Phi) is 7.04. The van der Waals surface area contributed by atoms with E-state index in [-0.39, 0.29) is 22.8 Å². The molecule has 1 amide bonds. The lowest BCUT2D eigenvalue weighted by Gasteiger charge is -2.14. The van der Waals surface area contributed by atoms with Gasteiger partial charge in [0.1, 0.15) is 23.7 Å². The average Bonchev–Trinajstić information content (AvgIpc) is 2.79. The zero-order valence-corrected chi connectivity index (χ0v) is 18.5. The third-order valence-corrected chi connectivity index (χ3v) is 5.17. The molecule has 168 valence electrons. The number of amides is 1. The molecule has 0 aliphatic heterocycles. The Morgan fingerprint density at radius 3 is 2.27 bits per heavy atom. The lowest BCUT2D eigenvalue weighted by molar-refractivity contribution is -0.112. The second-order valence-electron chi connectivity index (χ2n) is 6.93.